The van der Waals surface area contributed by atoms with Crippen molar-refractivity contribution in [3.05, 3.63) is 35.9 Å². The Bertz CT molecular complexity index is 336. The van der Waals surface area contributed by atoms with Crippen LogP contribution in [-0.4, -0.2) is 31.6 Å². The van der Waals surface area contributed by atoms with Gasteiger partial charge in [-0.25, -0.2) is 0 Å². The van der Waals surface area contributed by atoms with Crippen LogP contribution >= 0.6 is 0 Å². The molecule has 2 heteroatoms. The number of benzene rings is 1. The van der Waals surface area contributed by atoms with Crippen molar-refractivity contribution in [1.29, 1.82) is 0 Å². The number of rotatable bonds is 6. The van der Waals surface area contributed by atoms with Crippen LogP contribution in [-0.2, 0) is 0 Å². The Hall–Kier alpha value is -0.860. The van der Waals surface area contributed by atoms with E-state index in [1.54, 1.807) is 0 Å². The van der Waals surface area contributed by atoms with Crippen molar-refractivity contribution in [3.63, 3.8) is 0 Å². The van der Waals surface area contributed by atoms with Gasteiger partial charge in [-0.3, -0.25) is 0 Å². The Morgan fingerprint density at radius 2 is 2.11 bits per heavy atom. The van der Waals surface area contributed by atoms with Crippen molar-refractivity contribution in [1.82, 2.24) is 10.2 Å². The van der Waals surface area contributed by atoms with Gasteiger partial charge in [-0.15, -0.1) is 0 Å². The third-order valence-electron chi connectivity index (χ3n) is 3.92. The molecule has 0 aromatic heterocycles. The lowest BCUT2D eigenvalue weighted by molar-refractivity contribution is 0.374. The first-order valence-corrected chi connectivity index (χ1v) is 7.26. The summed E-state index contributed by atoms with van der Waals surface area (Å²) in [4.78, 5) is 2.43. The molecule has 1 aromatic rings. The molecule has 0 amide bonds. The Morgan fingerprint density at radius 3 is 2.72 bits per heavy atom. The van der Waals surface area contributed by atoms with Crippen molar-refractivity contribution in [3.8, 4) is 0 Å². The van der Waals surface area contributed by atoms with Crippen molar-refractivity contribution >= 4 is 0 Å². The number of hydrogen-bond acceptors (Lipinski definition) is 2. The molecule has 1 saturated heterocycles. The predicted molar refractivity (Wildman–Crippen MR) is 77.7 cm³/mol. The van der Waals surface area contributed by atoms with Crippen LogP contribution in [0.5, 0.6) is 0 Å². The molecule has 18 heavy (non-hydrogen) atoms. The van der Waals surface area contributed by atoms with Crippen LogP contribution < -0.4 is 5.32 Å². The fourth-order valence-electron chi connectivity index (χ4n) is 2.86. The highest BCUT2D eigenvalue weighted by molar-refractivity contribution is 5.18. The molecule has 2 rings (SSSR count). The summed E-state index contributed by atoms with van der Waals surface area (Å²) in [6, 6.07) is 11.4. The smallest absolute Gasteiger partial charge is 0.0320 e. The van der Waals surface area contributed by atoms with Crippen LogP contribution in [0.25, 0.3) is 0 Å². The maximum atomic E-state index is 3.77. The molecule has 0 radical (unpaired) electrons. The predicted octanol–water partition coefficient (Wildman–Crippen LogP) is 3.07. The van der Waals surface area contributed by atoms with E-state index in [0.717, 1.165) is 12.5 Å². The minimum Gasteiger partial charge on any atom is -0.310 e. The van der Waals surface area contributed by atoms with E-state index in [0.29, 0.717) is 6.04 Å². The van der Waals surface area contributed by atoms with E-state index in [-0.39, 0.29) is 0 Å². The first-order chi connectivity index (χ1) is 8.79. The molecule has 1 fully saturated rings. The monoisotopic (exact) mass is 246 g/mol. The second-order valence-corrected chi connectivity index (χ2v) is 5.58. The van der Waals surface area contributed by atoms with E-state index in [1.165, 1.54) is 37.9 Å². The van der Waals surface area contributed by atoms with Gasteiger partial charge in [-0.05, 0) is 44.5 Å². The first kappa shape index (κ1) is 13.6. The lowest BCUT2D eigenvalue weighted by Crippen LogP contribution is -2.28. The summed E-state index contributed by atoms with van der Waals surface area (Å²) >= 11 is 0. The summed E-state index contributed by atoms with van der Waals surface area (Å²) in [5.74, 6) is 0.832. The number of nitrogens with one attached hydrogen (secondary N) is 1. The van der Waals surface area contributed by atoms with Gasteiger partial charge in [0.25, 0.3) is 0 Å². The minimum atomic E-state index is 0.530. The van der Waals surface area contributed by atoms with Gasteiger partial charge in [0.1, 0.15) is 0 Å². The zero-order chi connectivity index (χ0) is 12.8. The molecule has 100 valence electrons. The normalized spacial score (nSPS) is 22.2. The molecule has 2 unspecified atom stereocenters. The second kappa shape index (κ2) is 6.91. The van der Waals surface area contributed by atoms with E-state index in [1.807, 2.05) is 0 Å². The maximum Gasteiger partial charge on any atom is 0.0320 e. The highest BCUT2D eigenvalue weighted by Crippen LogP contribution is 2.20. The molecule has 1 heterocycles. The van der Waals surface area contributed by atoms with E-state index in [9.17, 15) is 0 Å². The number of nitrogens with zero attached hydrogens (tertiary/aromatic N) is 1. The molecule has 0 saturated carbocycles. The Balaban J connectivity index is 1.87. The molecule has 1 aliphatic heterocycles. The summed E-state index contributed by atoms with van der Waals surface area (Å²) in [5.41, 5.74) is 1.44. The molecule has 1 aliphatic rings. The van der Waals surface area contributed by atoms with Crippen molar-refractivity contribution in [2.75, 3.05) is 26.7 Å². The lowest BCUT2D eigenvalue weighted by atomic mass is 10.0. The zero-order valence-corrected chi connectivity index (χ0v) is 11.7. The molecule has 0 spiro atoms. The Morgan fingerprint density at radius 1 is 1.33 bits per heavy atom. The molecule has 2 nitrogen and oxygen atoms in total. The molecule has 1 aromatic carbocycles. The molecular weight excluding hydrogens is 220 g/mol. The third kappa shape index (κ3) is 3.82. The molecular formula is C16H26N2. The Kier molecular flexibility index (Phi) is 5.21. The number of hydrogen-bond donors (Lipinski definition) is 1. The second-order valence-electron chi connectivity index (χ2n) is 5.58. The van der Waals surface area contributed by atoms with E-state index in [4.69, 9.17) is 0 Å². The topological polar surface area (TPSA) is 15.3 Å². The average Bonchev–Trinajstić information content (AvgIpc) is 2.81. The lowest BCUT2D eigenvalue weighted by Gasteiger charge is -2.21. The first-order valence-electron chi connectivity index (χ1n) is 7.26. The summed E-state index contributed by atoms with van der Waals surface area (Å²) in [7, 11) is 2.22. The van der Waals surface area contributed by atoms with Crippen LogP contribution in [0.1, 0.15) is 37.8 Å². The average molecular weight is 246 g/mol. The van der Waals surface area contributed by atoms with Gasteiger partial charge in [-0.1, -0.05) is 43.7 Å². The van der Waals surface area contributed by atoms with Crippen LogP contribution in [0.15, 0.2) is 30.3 Å². The highest BCUT2D eigenvalue weighted by atomic mass is 15.1. The molecule has 0 aliphatic carbocycles. The largest absolute Gasteiger partial charge is 0.310 e. The van der Waals surface area contributed by atoms with E-state index in [2.05, 4.69) is 54.5 Å². The van der Waals surface area contributed by atoms with Crippen LogP contribution in [0, 0.1) is 5.92 Å². The van der Waals surface area contributed by atoms with Gasteiger partial charge in [0.15, 0.2) is 0 Å². The maximum absolute atomic E-state index is 3.77. The molecule has 2 atom stereocenters. The van der Waals surface area contributed by atoms with Crippen LogP contribution in [0.2, 0.25) is 0 Å². The van der Waals surface area contributed by atoms with Crippen molar-refractivity contribution < 1.29 is 0 Å². The summed E-state index contributed by atoms with van der Waals surface area (Å²) in [5, 5.41) is 3.77. The SMILES string of the molecule is CCCC(NCC1CCN(C)C1)c1ccccc1. The summed E-state index contributed by atoms with van der Waals surface area (Å²) in [6.07, 6.45) is 3.81. The van der Waals surface area contributed by atoms with Crippen molar-refractivity contribution in [2.24, 2.45) is 5.92 Å². The van der Waals surface area contributed by atoms with Gasteiger partial charge in [0.05, 0.1) is 0 Å². The standard InChI is InChI=1S/C16H26N2/c1-3-7-16(15-8-5-4-6-9-15)17-12-14-10-11-18(2)13-14/h4-6,8-9,14,16-17H,3,7,10-13H2,1-2H3. The van der Waals surface area contributed by atoms with Crippen LogP contribution in [0.4, 0.5) is 0 Å². The fourth-order valence-corrected chi connectivity index (χ4v) is 2.86. The Labute approximate surface area is 111 Å². The van der Waals surface area contributed by atoms with Gasteiger partial charge < -0.3 is 10.2 Å². The zero-order valence-electron chi connectivity index (χ0n) is 11.7. The van der Waals surface area contributed by atoms with Crippen molar-refractivity contribution in [2.45, 2.75) is 32.2 Å². The van der Waals surface area contributed by atoms with Gasteiger partial charge in [0, 0.05) is 12.6 Å². The summed E-state index contributed by atoms with van der Waals surface area (Å²) < 4.78 is 0. The fraction of sp³-hybridized carbons (Fsp3) is 0.625. The summed E-state index contributed by atoms with van der Waals surface area (Å²) in [6.45, 7) is 5.93. The highest BCUT2D eigenvalue weighted by Gasteiger charge is 2.20. The molecule has 1 N–H and O–H groups in total. The van der Waals surface area contributed by atoms with E-state index >= 15 is 0 Å². The van der Waals surface area contributed by atoms with Gasteiger partial charge in [-0.2, -0.15) is 0 Å². The van der Waals surface area contributed by atoms with E-state index < -0.39 is 0 Å². The number of likely N-dealkylation sites (tertiary alicyclic amines) is 1. The van der Waals surface area contributed by atoms with Gasteiger partial charge >= 0.3 is 0 Å². The van der Waals surface area contributed by atoms with Gasteiger partial charge in [0.2, 0.25) is 0 Å². The minimum absolute atomic E-state index is 0.530. The third-order valence-corrected chi connectivity index (χ3v) is 3.92. The molecule has 0 bridgehead atoms. The van der Waals surface area contributed by atoms with Crippen LogP contribution in [0.3, 0.4) is 0 Å². The quantitative estimate of drug-likeness (QED) is 0.830.